The predicted octanol–water partition coefficient (Wildman–Crippen LogP) is 4.76. The summed E-state index contributed by atoms with van der Waals surface area (Å²) in [6.07, 6.45) is 0.222. The van der Waals surface area contributed by atoms with Crippen molar-refractivity contribution in [1.29, 1.82) is 0 Å². The van der Waals surface area contributed by atoms with Crippen molar-refractivity contribution < 1.29 is 9.84 Å². The number of hydrogen-bond acceptors (Lipinski definition) is 2. The van der Waals surface area contributed by atoms with Crippen molar-refractivity contribution in [2.75, 3.05) is 7.11 Å². The first-order valence-electron chi connectivity index (χ1n) is 8.19. The van der Waals surface area contributed by atoms with Crippen LogP contribution in [0.25, 0.3) is 0 Å². The number of aliphatic hydroxyl groups is 1. The van der Waals surface area contributed by atoms with Gasteiger partial charge in [-0.15, -0.1) is 0 Å². The number of methoxy groups -OCH3 is 1. The Morgan fingerprint density at radius 1 is 0.750 bits per heavy atom. The second-order valence-electron chi connectivity index (χ2n) is 5.92. The molecule has 3 aromatic carbocycles. The Hall–Kier alpha value is -2.58. The van der Waals surface area contributed by atoms with E-state index in [1.807, 2.05) is 60.7 Å². The number of rotatable bonds is 6. The molecule has 0 saturated carbocycles. The maximum atomic E-state index is 11.0. The summed E-state index contributed by atoms with van der Waals surface area (Å²) < 4.78 is 5.23. The lowest BCUT2D eigenvalue weighted by Gasteiger charge is -2.24. The van der Waals surface area contributed by atoms with Crippen LogP contribution in [0.15, 0.2) is 84.9 Å². The van der Waals surface area contributed by atoms with Crippen LogP contribution in [-0.4, -0.2) is 12.2 Å². The highest BCUT2D eigenvalue weighted by Gasteiger charge is 2.23. The molecular formula is C22H22O2. The minimum Gasteiger partial charge on any atom is -0.497 e. The van der Waals surface area contributed by atoms with Gasteiger partial charge in [-0.05, 0) is 35.2 Å². The summed E-state index contributed by atoms with van der Waals surface area (Å²) in [5.74, 6) is 0.848. The molecule has 0 aromatic heterocycles. The summed E-state index contributed by atoms with van der Waals surface area (Å²) in [6.45, 7) is 0. The van der Waals surface area contributed by atoms with E-state index in [2.05, 4.69) is 24.3 Å². The molecule has 0 radical (unpaired) electrons. The zero-order valence-corrected chi connectivity index (χ0v) is 13.8. The molecule has 0 aliphatic rings. The molecule has 2 unspecified atom stereocenters. The second kappa shape index (κ2) is 7.80. The maximum Gasteiger partial charge on any atom is 0.118 e. The monoisotopic (exact) mass is 318 g/mol. The van der Waals surface area contributed by atoms with Crippen molar-refractivity contribution in [3.05, 3.63) is 102 Å². The molecule has 3 aromatic rings. The van der Waals surface area contributed by atoms with Crippen LogP contribution in [0.5, 0.6) is 5.75 Å². The van der Waals surface area contributed by atoms with Crippen molar-refractivity contribution in [2.45, 2.75) is 18.4 Å². The van der Waals surface area contributed by atoms with E-state index >= 15 is 0 Å². The van der Waals surface area contributed by atoms with Gasteiger partial charge in [0.2, 0.25) is 0 Å². The minimum atomic E-state index is -0.546. The quantitative estimate of drug-likeness (QED) is 0.710. The second-order valence-corrected chi connectivity index (χ2v) is 5.92. The summed E-state index contributed by atoms with van der Waals surface area (Å²) in [5, 5.41) is 11.0. The summed E-state index contributed by atoms with van der Waals surface area (Å²) >= 11 is 0. The standard InChI is InChI=1S/C22H22O2/c1-24-20-14-12-17(13-15-20)16-21(18-8-4-2-5-9-18)22(23)19-10-6-3-7-11-19/h2-15,21-23H,16H2,1H3. The maximum absolute atomic E-state index is 11.0. The van der Waals surface area contributed by atoms with Crippen molar-refractivity contribution in [2.24, 2.45) is 0 Å². The fraction of sp³-hybridized carbons (Fsp3) is 0.182. The van der Waals surface area contributed by atoms with E-state index in [4.69, 9.17) is 4.74 Å². The van der Waals surface area contributed by atoms with Gasteiger partial charge < -0.3 is 9.84 Å². The zero-order chi connectivity index (χ0) is 16.8. The van der Waals surface area contributed by atoms with E-state index < -0.39 is 6.10 Å². The summed E-state index contributed by atoms with van der Waals surface area (Å²) in [5.41, 5.74) is 3.27. The first-order chi connectivity index (χ1) is 11.8. The van der Waals surface area contributed by atoms with Gasteiger partial charge in [-0.3, -0.25) is 0 Å². The molecule has 0 heterocycles. The molecule has 24 heavy (non-hydrogen) atoms. The first-order valence-corrected chi connectivity index (χ1v) is 8.19. The van der Waals surface area contributed by atoms with E-state index in [9.17, 15) is 5.11 Å². The Balaban J connectivity index is 1.90. The first kappa shape index (κ1) is 16.3. The Morgan fingerprint density at radius 3 is 1.83 bits per heavy atom. The van der Waals surface area contributed by atoms with Crippen molar-refractivity contribution >= 4 is 0 Å². The highest BCUT2D eigenvalue weighted by molar-refractivity contribution is 5.32. The average Bonchev–Trinajstić information content (AvgIpc) is 2.67. The van der Waals surface area contributed by atoms with E-state index in [0.29, 0.717) is 0 Å². The predicted molar refractivity (Wildman–Crippen MR) is 97.3 cm³/mol. The van der Waals surface area contributed by atoms with Crippen LogP contribution < -0.4 is 4.74 Å². The van der Waals surface area contributed by atoms with Crippen LogP contribution in [0.4, 0.5) is 0 Å². The molecular weight excluding hydrogens is 296 g/mol. The van der Waals surface area contributed by atoms with Gasteiger partial charge in [0.1, 0.15) is 5.75 Å². The van der Waals surface area contributed by atoms with E-state index in [-0.39, 0.29) is 5.92 Å². The highest BCUT2D eigenvalue weighted by Crippen LogP contribution is 2.34. The lowest BCUT2D eigenvalue weighted by atomic mass is 9.84. The van der Waals surface area contributed by atoms with Crippen LogP contribution >= 0.6 is 0 Å². The normalized spacial score (nSPS) is 13.2. The molecule has 0 aliphatic heterocycles. The van der Waals surface area contributed by atoms with Gasteiger partial charge in [0.25, 0.3) is 0 Å². The van der Waals surface area contributed by atoms with Crippen LogP contribution in [-0.2, 0) is 6.42 Å². The van der Waals surface area contributed by atoms with Crippen molar-refractivity contribution in [3.63, 3.8) is 0 Å². The molecule has 2 atom stereocenters. The molecule has 2 heteroatoms. The van der Waals surface area contributed by atoms with Gasteiger partial charge in [-0.2, -0.15) is 0 Å². The third kappa shape index (κ3) is 3.84. The molecule has 0 saturated heterocycles. The number of aliphatic hydroxyl groups excluding tert-OH is 1. The van der Waals surface area contributed by atoms with E-state index in [1.165, 1.54) is 5.56 Å². The Morgan fingerprint density at radius 2 is 1.29 bits per heavy atom. The third-order valence-corrected chi connectivity index (χ3v) is 4.36. The summed E-state index contributed by atoms with van der Waals surface area (Å²) in [7, 11) is 1.67. The van der Waals surface area contributed by atoms with Crippen LogP contribution in [0.2, 0.25) is 0 Å². The smallest absolute Gasteiger partial charge is 0.118 e. The van der Waals surface area contributed by atoms with Gasteiger partial charge in [0.15, 0.2) is 0 Å². The molecule has 1 N–H and O–H groups in total. The van der Waals surface area contributed by atoms with Crippen molar-refractivity contribution in [3.8, 4) is 5.75 Å². The average molecular weight is 318 g/mol. The number of benzene rings is 3. The molecule has 122 valence electrons. The van der Waals surface area contributed by atoms with Crippen molar-refractivity contribution in [1.82, 2.24) is 0 Å². The molecule has 2 nitrogen and oxygen atoms in total. The molecule has 0 spiro atoms. The van der Waals surface area contributed by atoms with Gasteiger partial charge in [0, 0.05) is 5.92 Å². The largest absolute Gasteiger partial charge is 0.497 e. The summed E-state index contributed by atoms with van der Waals surface area (Å²) in [4.78, 5) is 0. The van der Waals surface area contributed by atoms with Gasteiger partial charge in [0.05, 0.1) is 13.2 Å². The Bertz CT molecular complexity index is 736. The van der Waals surface area contributed by atoms with Crippen LogP contribution in [0.1, 0.15) is 28.7 Å². The fourth-order valence-corrected chi connectivity index (χ4v) is 3.01. The molecule has 0 bridgehead atoms. The highest BCUT2D eigenvalue weighted by atomic mass is 16.5. The third-order valence-electron chi connectivity index (χ3n) is 4.36. The lowest BCUT2D eigenvalue weighted by Crippen LogP contribution is -2.14. The van der Waals surface area contributed by atoms with E-state index in [0.717, 1.165) is 23.3 Å². The number of hydrogen-bond donors (Lipinski definition) is 1. The number of ether oxygens (including phenoxy) is 1. The molecule has 0 fully saturated rings. The molecule has 3 rings (SSSR count). The molecule has 0 aliphatic carbocycles. The van der Waals surface area contributed by atoms with E-state index in [1.54, 1.807) is 7.11 Å². The Labute approximate surface area is 143 Å². The fourth-order valence-electron chi connectivity index (χ4n) is 3.01. The lowest BCUT2D eigenvalue weighted by molar-refractivity contribution is 0.144. The Kier molecular flexibility index (Phi) is 5.29. The van der Waals surface area contributed by atoms with Crippen LogP contribution in [0.3, 0.4) is 0 Å². The minimum absolute atomic E-state index is 0.00185. The molecule has 0 amide bonds. The van der Waals surface area contributed by atoms with Gasteiger partial charge in [-0.1, -0.05) is 72.8 Å². The van der Waals surface area contributed by atoms with Gasteiger partial charge >= 0.3 is 0 Å². The van der Waals surface area contributed by atoms with Gasteiger partial charge in [-0.25, -0.2) is 0 Å². The summed E-state index contributed by atoms with van der Waals surface area (Å²) in [6, 6.07) is 28.1. The SMILES string of the molecule is COc1ccc(CC(c2ccccc2)C(O)c2ccccc2)cc1. The van der Waals surface area contributed by atoms with Crippen LogP contribution in [0, 0.1) is 0 Å². The zero-order valence-electron chi connectivity index (χ0n) is 13.8. The topological polar surface area (TPSA) is 29.5 Å².